The van der Waals surface area contributed by atoms with E-state index in [1.165, 1.54) is 43.1 Å². The van der Waals surface area contributed by atoms with Crippen LogP contribution in [-0.2, 0) is 0 Å². The van der Waals surface area contributed by atoms with Crippen molar-refractivity contribution in [1.82, 2.24) is 29.9 Å². The van der Waals surface area contributed by atoms with Crippen molar-refractivity contribution in [3.63, 3.8) is 0 Å². The lowest BCUT2D eigenvalue weighted by Gasteiger charge is -2.18. The third kappa shape index (κ3) is 14.9. The lowest BCUT2D eigenvalue weighted by Crippen LogP contribution is -1.93. The monoisotopic (exact) mass is 1650 g/mol. The summed E-state index contributed by atoms with van der Waals surface area (Å²) in [5.41, 5.74) is 37.8. The van der Waals surface area contributed by atoms with E-state index in [4.69, 9.17) is 29.9 Å². The molecule has 6 nitrogen and oxygen atoms in total. The first-order valence-corrected chi connectivity index (χ1v) is 44.1. The van der Waals surface area contributed by atoms with Crippen LogP contribution in [0.1, 0.15) is 0 Å². The SMILES string of the molecule is c1ccc(-c2cc(-c3ccccc3-c3ccc(-c4cccc5ccccc45)nc3)cc(-c3ccccc3-c3ccc(-c4cccc5ccccc45)nc3)c2)c(-c2ccc(-c3cc(-c4ccc(-c5ccccc5-c5cc(-c6ccccc6-c6ccc(-c7cccc8ccccc78)nc6)cc(-c6ccccc6-c6ccc(-c7cccc8ccccc78)nc6)c5)cc4)ncn3)cc2)c1. The lowest BCUT2D eigenvalue weighted by molar-refractivity contribution is 1.18. The zero-order valence-corrected chi connectivity index (χ0v) is 70.9. The van der Waals surface area contributed by atoms with Crippen molar-refractivity contribution in [2.45, 2.75) is 0 Å². The maximum Gasteiger partial charge on any atom is 0.116 e. The summed E-state index contributed by atoms with van der Waals surface area (Å²) in [7, 11) is 0. The molecule has 0 radical (unpaired) electrons. The van der Waals surface area contributed by atoms with E-state index in [9.17, 15) is 0 Å². The molecule has 0 aliphatic heterocycles. The maximum absolute atomic E-state index is 5.17. The number of pyridine rings is 4. The third-order valence-corrected chi connectivity index (χ3v) is 25.5. The van der Waals surface area contributed by atoms with E-state index in [1.54, 1.807) is 6.33 Å². The molecule has 0 spiro atoms. The number of aromatic nitrogens is 6. The van der Waals surface area contributed by atoms with Gasteiger partial charge in [-0.25, -0.2) is 9.97 Å². The summed E-state index contributed by atoms with van der Waals surface area (Å²) in [6.45, 7) is 0. The Hall–Kier alpha value is -17.3. The highest BCUT2D eigenvalue weighted by molar-refractivity contribution is 6.03. The Balaban J connectivity index is 0.570. The Morgan fingerprint density at radius 1 is 0.108 bits per heavy atom. The minimum absolute atomic E-state index is 0.827. The van der Waals surface area contributed by atoms with Crippen molar-refractivity contribution in [2.24, 2.45) is 0 Å². The largest absolute Gasteiger partial charge is 0.256 e. The highest BCUT2D eigenvalue weighted by atomic mass is 14.8. The summed E-state index contributed by atoms with van der Waals surface area (Å²) in [5.74, 6) is 0. The molecule has 0 saturated carbocycles. The fourth-order valence-electron chi connectivity index (χ4n) is 19.1. The van der Waals surface area contributed by atoms with Crippen molar-refractivity contribution >= 4 is 43.1 Å². The molecule has 5 aromatic heterocycles. The van der Waals surface area contributed by atoms with Crippen molar-refractivity contribution < 1.29 is 0 Å². The first-order chi connectivity index (χ1) is 64.4. The Morgan fingerprint density at radius 2 is 0.285 bits per heavy atom. The molecule has 0 aliphatic carbocycles. The van der Waals surface area contributed by atoms with Gasteiger partial charge in [0.1, 0.15) is 6.33 Å². The molecule has 130 heavy (non-hydrogen) atoms. The van der Waals surface area contributed by atoms with Gasteiger partial charge in [0, 0.05) is 80.4 Å². The summed E-state index contributed by atoms with van der Waals surface area (Å²) in [5, 5.41) is 9.47. The van der Waals surface area contributed by atoms with Gasteiger partial charge < -0.3 is 0 Å². The second-order valence-corrected chi connectivity index (χ2v) is 33.2. The molecule has 6 heteroatoms. The molecule has 0 saturated heterocycles. The molecule has 0 atom stereocenters. The molecule has 23 rings (SSSR count). The van der Waals surface area contributed by atoms with Crippen LogP contribution in [0.5, 0.6) is 0 Å². The third-order valence-electron chi connectivity index (χ3n) is 25.5. The molecule has 5 heterocycles. The molecule has 0 amide bonds. The van der Waals surface area contributed by atoms with E-state index in [0.717, 1.165) is 201 Å². The Kier molecular flexibility index (Phi) is 20.2. The van der Waals surface area contributed by atoms with Gasteiger partial charge in [-0.15, -0.1) is 0 Å². The second-order valence-electron chi connectivity index (χ2n) is 33.2. The van der Waals surface area contributed by atoms with E-state index in [0.29, 0.717) is 0 Å². The quantitative estimate of drug-likeness (QED) is 0.0852. The Labute approximate surface area is 755 Å². The van der Waals surface area contributed by atoms with E-state index >= 15 is 0 Å². The minimum Gasteiger partial charge on any atom is -0.256 e. The van der Waals surface area contributed by atoms with Gasteiger partial charge in [-0.05, 0) is 221 Å². The van der Waals surface area contributed by atoms with E-state index in [1.807, 2.05) is 24.8 Å². The van der Waals surface area contributed by atoms with Gasteiger partial charge in [0.25, 0.3) is 0 Å². The van der Waals surface area contributed by atoms with Gasteiger partial charge in [0.05, 0.1) is 34.2 Å². The number of hydrogen-bond acceptors (Lipinski definition) is 6. The van der Waals surface area contributed by atoms with Gasteiger partial charge in [-0.2, -0.15) is 0 Å². The summed E-state index contributed by atoms with van der Waals surface area (Å²) >= 11 is 0. The fraction of sp³-hybridized carbons (Fsp3) is 0. The van der Waals surface area contributed by atoms with Crippen LogP contribution in [0.15, 0.2) is 486 Å². The summed E-state index contributed by atoms with van der Waals surface area (Å²) in [4.78, 5) is 30.6. The number of fused-ring (bicyclic) bond motifs is 4. The van der Waals surface area contributed by atoms with Gasteiger partial charge in [-0.1, -0.05) is 388 Å². The maximum atomic E-state index is 5.17. The van der Waals surface area contributed by atoms with Crippen LogP contribution in [0.3, 0.4) is 0 Å². The van der Waals surface area contributed by atoms with Crippen molar-refractivity contribution in [3.8, 4) is 201 Å². The van der Waals surface area contributed by atoms with Crippen LogP contribution in [0.2, 0.25) is 0 Å². The Bertz CT molecular complexity index is 7370. The zero-order chi connectivity index (χ0) is 86.2. The highest BCUT2D eigenvalue weighted by Gasteiger charge is 2.23. The van der Waals surface area contributed by atoms with Crippen LogP contribution in [-0.4, -0.2) is 29.9 Å². The number of benzene rings is 18. The molecule has 606 valence electrons. The molecule has 0 fully saturated rings. The van der Waals surface area contributed by atoms with Gasteiger partial charge in [0.15, 0.2) is 0 Å². The summed E-state index contributed by atoms with van der Waals surface area (Å²) < 4.78 is 0. The molecule has 0 bridgehead atoms. The molecule has 0 N–H and O–H groups in total. The minimum atomic E-state index is 0.827. The average molecular weight is 1650 g/mol. The van der Waals surface area contributed by atoms with E-state index in [-0.39, 0.29) is 0 Å². The van der Waals surface area contributed by atoms with Crippen LogP contribution < -0.4 is 0 Å². The topological polar surface area (TPSA) is 77.3 Å². The highest BCUT2D eigenvalue weighted by Crippen LogP contribution is 2.47. The summed E-state index contributed by atoms with van der Waals surface area (Å²) in [6, 6.07) is 164. The first-order valence-electron chi connectivity index (χ1n) is 44.1. The van der Waals surface area contributed by atoms with E-state index < -0.39 is 0 Å². The van der Waals surface area contributed by atoms with Crippen LogP contribution >= 0.6 is 0 Å². The molecule has 18 aromatic carbocycles. The van der Waals surface area contributed by atoms with Crippen molar-refractivity contribution in [3.05, 3.63) is 486 Å². The zero-order valence-electron chi connectivity index (χ0n) is 70.9. The van der Waals surface area contributed by atoms with Gasteiger partial charge >= 0.3 is 0 Å². The molecule has 23 aromatic rings. The van der Waals surface area contributed by atoms with Crippen LogP contribution in [0, 0.1) is 0 Å². The number of nitrogens with zero attached hydrogens (tertiary/aromatic N) is 6. The standard InChI is InChI=1S/C124H80N6/c1-5-35-101-81(25-1)29-21-49-115(101)119-65-61-89(76-125-119)105-39-11-17-45-111(105)95-69-93(70-96(73-95)112-46-18-12-40-106(112)90-62-66-120(126-77-90)116-50-22-30-82-26-2-6-36-102(82)116)109-43-15-9-33-99(109)85-53-57-87(58-54-85)123-75-124(130-80-129-123)88-59-55-86(56-60-88)100-34-10-16-44-110(100)94-71-97(113-47-19-13-41-107(113)91-63-67-121(127-78-91)117-51-23-31-83-27-3-7-37-103(83)117)74-98(72-94)114-48-20-14-42-108(114)92-64-68-122(128-79-92)118-52-24-32-84-28-4-8-38-104(84)118/h1-80H. The average Bonchev–Trinajstić information content (AvgIpc) is 0.765. The van der Waals surface area contributed by atoms with Gasteiger partial charge in [0.2, 0.25) is 0 Å². The first kappa shape index (κ1) is 77.5. The summed E-state index contributed by atoms with van der Waals surface area (Å²) in [6.07, 6.45) is 9.80. The second kappa shape index (κ2) is 34.0. The predicted octanol–water partition coefficient (Wildman–Crippen LogP) is 32.7. The van der Waals surface area contributed by atoms with Gasteiger partial charge in [-0.3, -0.25) is 19.9 Å². The number of rotatable bonds is 18. The fourth-order valence-corrected chi connectivity index (χ4v) is 19.1. The molecular weight excluding hydrogens is 1570 g/mol. The van der Waals surface area contributed by atoms with Crippen LogP contribution in [0.25, 0.3) is 244 Å². The predicted molar refractivity (Wildman–Crippen MR) is 541 cm³/mol. The van der Waals surface area contributed by atoms with E-state index in [2.05, 4.69) is 455 Å². The normalized spacial score (nSPS) is 11.4. The van der Waals surface area contributed by atoms with Crippen LogP contribution in [0.4, 0.5) is 0 Å². The molecular formula is C124H80N6. The van der Waals surface area contributed by atoms with Crippen molar-refractivity contribution in [1.29, 1.82) is 0 Å². The smallest absolute Gasteiger partial charge is 0.116 e. The Morgan fingerprint density at radius 3 is 0.508 bits per heavy atom. The van der Waals surface area contributed by atoms with Crippen molar-refractivity contribution in [2.75, 3.05) is 0 Å². The lowest BCUT2D eigenvalue weighted by atomic mass is 9.86. The molecule has 0 unspecified atom stereocenters. The molecule has 0 aliphatic rings. The number of hydrogen-bond donors (Lipinski definition) is 0.